The van der Waals surface area contributed by atoms with Crippen LogP contribution in [-0.2, 0) is 11.8 Å². The lowest BCUT2D eigenvalue weighted by atomic mass is 10.3. The van der Waals surface area contributed by atoms with Gasteiger partial charge in [-0.1, -0.05) is 12.1 Å². The number of benzene rings is 1. The summed E-state index contributed by atoms with van der Waals surface area (Å²) in [5, 5.41) is 3.80. The Morgan fingerprint density at radius 1 is 1.33 bits per heavy atom. The second-order valence-corrected chi connectivity index (χ2v) is 8.39. The van der Waals surface area contributed by atoms with Crippen LogP contribution in [0.15, 0.2) is 68.7 Å². The molecule has 2 heterocycles. The van der Waals surface area contributed by atoms with Crippen LogP contribution in [0.25, 0.3) is 6.08 Å². The summed E-state index contributed by atoms with van der Waals surface area (Å²) in [5.74, 6) is -0.160. The third-order valence-corrected chi connectivity index (χ3v) is 5.86. The molecule has 3 aromatic rings. The first-order valence-corrected chi connectivity index (χ1v) is 9.53. The first-order chi connectivity index (χ1) is 11.6. The molecule has 0 aliphatic heterocycles. The van der Waals surface area contributed by atoms with Crippen LogP contribution in [0.3, 0.4) is 0 Å². The van der Waals surface area contributed by atoms with Gasteiger partial charge in [-0.05, 0) is 58.0 Å². The molecular formula is C17H14BrN3OS2. The minimum atomic E-state index is -0.160. The molecule has 0 atom stereocenters. The van der Waals surface area contributed by atoms with Crippen molar-refractivity contribution in [3.63, 3.8) is 0 Å². The number of anilines is 1. The van der Waals surface area contributed by atoms with Gasteiger partial charge in [-0.25, -0.2) is 4.98 Å². The van der Waals surface area contributed by atoms with Gasteiger partial charge in [0.1, 0.15) is 0 Å². The van der Waals surface area contributed by atoms with E-state index in [0.717, 1.165) is 24.4 Å². The van der Waals surface area contributed by atoms with Gasteiger partial charge in [0.15, 0.2) is 5.16 Å². The maximum absolute atomic E-state index is 12.2. The van der Waals surface area contributed by atoms with E-state index in [1.165, 1.54) is 11.8 Å². The van der Waals surface area contributed by atoms with E-state index in [-0.39, 0.29) is 5.91 Å². The van der Waals surface area contributed by atoms with Crippen molar-refractivity contribution in [3.8, 4) is 0 Å². The molecule has 0 fully saturated rings. The number of amides is 1. The first-order valence-electron chi connectivity index (χ1n) is 7.10. The maximum Gasteiger partial charge on any atom is 0.248 e. The molecule has 0 saturated heterocycles. The topological polar surface area (TPSA) is 46.9 Å². The van der Waals surface area contributed by atoms with E-state index in [9.17, 15) is 4.79 Å². The predicted molar refractivity (Wildman–Crippen MR) is 103 cm³/mol. The fourth-order valence-electron chi connectivity index (χ4n) is 1.96. The third-order valence-electron chi connectivity index (χ3n) is 3.12. The average Bonchev–Trinajstić information content (AvgIpc) is 3.16. The Hall–Kier alpha value is -1.83. The predicted octanol–water partition coefficient (Wildman–Crippen LogP) is 5.05. The zero-order valence-electron chi connectivity index (χ0n) is 12.8. The highest BCUT2D eigenvalue weighted by Gasteiger charge is 2.08. The summed E-state index contributed by atoms with van der Waals surface area (Å²) in [6.07, 6.45) is 7.00. The molecule has 0 aliphatic rings. The Bertz CT molecular complexity index is 885. The highest BCUT2D eigenvalue weighted by Crippen LogP contribution is 2.32. The number of imidazole rings is 1. The molecule has 0 spiro atoms. The summed E-state index contributed by atoms with van der Waals surface area (Å²) in [7, 11) is 1.94. The standard InChI is InChI=1S/C17H14BrN3OS2/c1-21-11-10-19-17(21)24-14-5-3-2-4-13(14)20-16(22)9-7-12-6-8-15(18)23-12/h2-11H,1H3,(H,20,22)/b9-7+. The van der Waals surface area contributed by atoms with Gasteiger partial charge in [0, 0.05) is 35.3 Å². The van der Waals surface area contributed by atoms with E-state index in [1.54, 1.807) is 29.7 Å². The molecule has 0 bridgehead atoms. The highest BCUT2D eigenvalue weighted by molar-refractivity contribution is 9.11. The van der Waals surface area contributed by atoms with Crippen molar-refractivity contribution in [1.82, 2.24) is 9.55 Å². The molecule has 1 aromatic carbocycles. The van der Waals surface area contributed by atoms with Crippen LogP contribution in [-0.4, -0.2) is 15.5 Å². The van der Waals surface area contributed by atoms with Crippen molar-refractivity contribution >= 4 is 56.7 Å². The molecule has 7 heteroatoms. The van der Waals surface area contributed by atoms with Crippen LogP contribution in [0, 0.1) is 0 Å². The van der Waals surface area contributed by atoms with Crippen LogP contribution in [0.4, 0.5) is 5.69 Å². The second-order valence-electron chi connectivity index (χ2n) is 4.88. The molecule has 24 heavy (non-hydrogen) atoms. The molecule has 0 radical (unpaired) electrons. The highest BCUT2D eigenvalue weighted by atomic mass is 79.9. The molecule has 0 aliphatic carbocycles. The van der Waals surface area contributed by atoms with E-state index in [1.807, 2.05) is 54.2 Å². The number of carbonyl (C=O) groups excluding carboxylic acids is 1. The molecule has 4 nitrogen and oxygen atoms in total. The Balaban J connectivity index is 1.72. The van der Waals surface area contributed by atoms with E-state index >= 15 is 0 Å². The molecule has 122 valence electrons. The average molecular weight is 420 g/mol. The van der Waals surface area contributed by atoms with Crippen molar-refractivity contribution in [2.45, 2.75) is 10.1 Å². The summed E-state index contributed by atoms with van der Waals surface area (Å²) in [6.45, 7) is 0. The smallest absolute Gasteiger partial charge is 0.248 e. The lowest BCUT2D eigenvalue weighted by Crippen LogP contribution is -2.08. The third kappa shape index (κ3) is 4.37. The lowest BCUT2D eigenvalue weighted by molar-refractivity contribution is -0.111. The maximum atomic E-state index is 12.2. The summed E-state index contributed by atoms with van der Waals surface area (Å²) in [6, 6.07) is 11.6. The number of carbonyl (C=O) groups is 1. The molecule has 2 aromatic heterocycles. The van der Waals surface area contributed by atoms with Gasteiger partial charge >= 0.3 is 0 Å². The second kappa shape index (κ2) is 7.83. The summed E-state index contributed by atoms with van der Waals surface area (Å²) in [4.78, 5) is 18.5. The SMILES string of the molecule is Cn1ccnc1Sc1ccccc1NC(=O)/C=C/c1ccc(Br)s1. The molecular weight excluding hydrogens is 406 g/mol. The van der Waals surface area contributed by atoms with Gasteiger partial charge in [0.05, 0.1) is 9.47 Å². The molecule has 3 rings (SSSR count). The van der Waals surface area contributed by atoms with Crippen LogP contribution in [0.5, 0.6) is 0 Å². The van der Waals surface area contributed by atoms with Crippen molar-refractivity contribution in [1.29, 1.82) is 0 Å². The number of hydrogen-bond acceptors (Lipinski definition) is 4. The van der Waals surface area contributed by atoms with Gasteiger partial charge in [0.2, 0.25) is 5.91 Å². The number of nitrogens with one attached hydrogen (secondary N) is 1. The van der Waals surface area contributed by atoms with Gasteiger partial charge in [-0.3, -0.25) is 4.79 Å². The van der Waals surface area contributed by atoms with Crippen molar-refractivity contribution in [2.75, 3.05) is 5.32 Å². The van der Waals surface area contributed by atoms with E-state index in [0.29, 0.717) is 0 Å². The van der Waals surface area contributed by atoms with Crippen molar-refractivity contribution in [3.05, 3.63) is 63.5 Å². The molecule has 0 saturated carbocycles. The van der Waals surface area contributed by atoms with Gasteiger partial charge in [-0.2, -0.15) is 0 Å². The first kappa shape index (κ1) is 17.0. The van der Waals surface area contributed by atoms with Crippen molar-refractivity contribution < 1.29 is 4.79 Å². The summed E-state index contributed by atoms with van der Waals surface area (Å²) < 4.78 is 2.98. The molecule has 1 amide bonds. The van der Waals surface area contributed by atoms with Gasteiger partial charge in [0.25, 0.3) is 0 Å². The van der Waals surface area contributed by atoms with Crippen LogP contribution < -0.4 is 5.32 Å². The number of aryl methyl sites for hydroxylation is 1. The number of rotatable bonds is 5. The summed E-state index contributed by atoms with van der Waals surface area (Å²) in [5.41, 5.74) is 0.771. The largest absolute Gasteiger partial charge is 0.329 e. The zero-order valence-corrected chi connectivity index (χ0v) is 16.0. The number of nitrogens with zero attached hydrogens (tertiary/aromatic N) is 2. The number of thiophene rings is 1. The fourth-order valence-corrected chi connectivity index (χ4v) is 4.17. The lowest BCUT2D eigenvalue weighted by Gasteiger charge is -2.09. The zero-order chi connectivity index (χ0) is 16.9. The quantitative estimate of drug-likeness (QED) is 0.588. The number of aromatic nitrogens is 2. The monoisotopic (exact) mass is 419 g/mol. The van der Waals surface area contributed by atoms with E-state index in [2.05, 4.69) is 26.2 Å². The molecule has 0 unspecified atom stereocenters. The Labute approximate surface area is 156 Å². The van der Waals surface area contributed by atoms with Crippen molar-refractivity contribution in [2.24, 2.45) is 7.05 Å². The Morgan fingerprint density at radius 3 is 2.88 bits per heavy atom. The van der Waals surface area contributed by atoms with Gasteiger partial charge in [-0.15, -0.1) is 11.3 Å². The number of hydrogen-bond donors (Lipinski definition) is 1. The van der Waals surface area contributed by atoms with Gasteiger partial charge < -0.3 is 9.88 Å². The Morgan fingerprint density at radius 2 is 2.17 bits per heavy atom. The van der Waals surface area contributed by atoms with E-state index in [4.69, 9.17) is 0 Å². The summed E-state index contributed by atoms with van der Waals surface area (Å²) >= 11 is 6.50. The normalized spacial score (nSPS) is 11.1. The molecule has 1 N–H and O–H groups in total. The van der Waals surface area contributed by atoms with E-state index < -0.39 is 0 Å². The number of para-hydroxylation sites is 1. The Kier molecular flexibility index (Phi) is 5.55. The minimum absolute atomic E-state index is 0.160. The van der Waals surface area contributed by atoms with Crippen LogP contribution in [0.2, 0.25) is 0 Å². The minimum Gasteiger partial charge on any atom is -0.329 e. The fraction of sp³-hybridized carbons (Fsp3) is 0.0588. The number of halogens is 1. The van der Waals surface area contributed by atoms with Crippen LogP contribution in [0.1, 0.15) is 4.88 Å². The van der Waals surface area contributed by atoms with Crippen LogP contribution >= 0.6 is 39.0 Å².